The van der Waals surface area contributed by atoms with Crippen LogP contribution in [0.2, 0.25) is 0 Å². The molecule has 0 heterocycles. The molecule has 0 N–H and O–H groups in total. The van der Waals surface area contributed by atoms with Crippen LogP contribution in [0, 0.1) is 0 Å². The van der Waals surface area contributed by atoms with Crippen LogP contribution >= 0.6 is 0 Å². The van der Waals surface area contributed by atoms with Gasteiger partial charge in [-0.15, -0.1) is 13.2 Å². The lowest BCUT2D eigenvalue weighted by Crippen LogP contribution is -2.19. The van der Waals surface area contributed by atoms with Gasteiger partial charge in [-0.2, -0.15) is 0 Å². The Morgan fingerprint density at radius 3 is 2.53 bits per heavy atom. The molecular weight excluding hydrogens is 265 g/mol. The molecule has 1 aromatic rings. The normalized spacial score (nSPS) is 11.0. The van der Waals surface area contributed by atoms with E-state index in [1.165, 1.54) is 19.2 Å². The summed E-state index contributed by atoms with van der Waals surface area (Å²) in [4.78, 5) is 11.3. The predicted molar refractivity (Wildman–Crippen MR) is 60.0 cm³/mol. The van der Waals surface area contributed by atoms with Gasteiger partial charge in [0.1, 0.15) is 11.5 Å². The van der Waals surface area contributed by atoms with Crippen molar-refractivity contribution < 1.29 is 32.2 Å². The van der Waals surface area contributed by atoms with Crippen LogP contribution in [0.25, 0.3) is 0 Å². The van der Waals surface area contributed by atoms with E-state index in [-0.39, 0.29) is 18.6 Å². The third-order valence-corrected chi connectivity index (χ3v) is 2.13. The van der Waals surface area contributed by atoms with Crippen molar-refractivity contribution in [1.29, 1.82) is 0 Å². The fraction of sp³-hybridized carbons (Fsp3) is 0.417. The van der Waals surface area contributed by atoms with Gasteiger partial charge in [0.2, 0.25) is 0 Å². The molecule has 0 aliphatic heterocycles. The first kappa shape index (κ1) is 15.1. The van der Waals surface area contributed by atoms with Crippen molar-refractivity contribution in [2.75, 3.05) is 13.7 Å². The molecular formula is C12H13F3O4. The van der Waals surface area contributed by atoms with Crippen LogP contribution < -0.4 is 9.47 Å². The maximum Gasteiger partial charge on any atom is 0.573 e. The van der Waals surface area contributed by atoms with Crippen LogP contribution in [0.1, 0.15) is 12.5 Å². The molecule has 1 rings (SSSR count). The lowest BCUT2D eigenvalue weighted by atomic mass is 10.1. The highest BCUT2D eigenvalue weighted by Crippen LogP contribution is 2.29. The molecule has 0 aliphatic carbocycles. The molecule has 1 aromatic carbocycles. The Morgan fingerprint density at radius 1 is 1.32 bits per heavy atom. The number of alkyl halides is 3. The zero-order chi connectivity index (χ0) is 14.5. The summed E-state index contributed by atoms with van der Waals surface area (Å²) in [6.45, 7) is 1.76. The van der Waals surface area contributed by atoms with Gasteiger partial charge in [0, 0.05) is 5.56 Å². The highest BCUT2D eigenvalue weighted by atomic mass is 19.4. The molecule has 0 spiro atoms. The van der Waals surface area contributed by atoms with Crippen molar-refractivity contribution >= 4 is 5.97 Å². The molecule has 4 nitrogen and oxygen atoms in total. The summed E-state index contributed by atoms with van der Waals surface area (Å²) in [6, 6.07) is 3.72. The molecule has 0 fully saturated rings. The molecule has 19 heavy (non-hydrogen) atoms. The van der Waals surface area contributed by atoms with E-state index in [2.05, 4.69) is 9.47 Å². The van der Waals surface area contributed by atoms with E-state index in [1.54, 1.807) is 6.92 Å². The van der Waals surface area contributed by atoms with E-state index in [0.29, 0.717) is 5.75 Å². The quantitative estimate of drug-likeness (QED) is 0.777. The van der Waals surface area contributed by atoms with Crippen LogP contribution in [0.4, 0.5) is 13.2 Å². The van der Waals surface area contributed by atoms with Crippen molar-refractivity contribution in [3.05, 3.63) is 23.8 Å². The first-order valence-electron chi connectivity index (χ1n) is 5.44. The number of hydrogen-bond donors (Lipinski definition) is 0. The molecule has 0 amide bonds. The Kier molecular flexibility index (Phi) is 5.02. The summed E-state index contributed by atoms with van der Waals surface area (Å²) in [5, 5.41) is 0. The van der Waals surface area contributed by atoms with E-state index in [1.807, 2.05) is 0 Å². The van der Waals surface area contributed by atoms with Crippen molar-refractivity contribution in [2.24, 2.45) is 0 Å². The first-order chi connectivity index (χ1) is 8.85. The van der Waals surface area contributed by atoms with Gasteiger partial charge in [0.15, 0.2) is 0 Å². The molecule has 0 radical (unpaired) electrons. The van der Waals surface area contributed by atoms with Gasteiger partial charge in [-0.3, -0.25) is 4.79 Å². The SMILES string of the molecule is CCOC(=O)Cc1cc(OC)ccc1OC(F)(F)F. The summed E-state index contributed by atoms with van der Waals surface area (Å²) >= 11 is 0. The largest absolute Gasteiger partial charge is 0.573 e. The summed E-state index contributed by atoms with van der Waals surface area (Å²) < 4.78 is 50.1. The Balaban J connectivity index is 2.99. The molecule has 106 valence electrons. The lowest BCUT2D eigenvalue weighted by molar-refractivity contribution is -0.275. The van der Waals surface area contributed by atoms with Crippen molar-refractivity contribution in [3.8, 4) is 11.5 Å². The average molecular weight is 278 g/mol. The second kappa shape index (κ2) is 6.31. The predicted octanol–water partition coefficient (Wildman–Crippen LogP) is 2.70. The van der Waals surface area contributed by atoms with E-state index >= 15 is 0 Å². The van der Waals surface area contributed by atoms with Crippen molar-refractivity contribution in [3.63, 3.8) is 0 Å². The standard InChI is InChI=1S/C12H13F3O4/c1-3-18-11(16)7-8-6-9(17-2)4-5-10(8)19-12(13,14)15/h4-6H,3,7H2,1-2H3. The number of hydrogen-bond acceptors (Lipinski definition) is 4. The summed E-state index contributed by atoms with van der Waals surface area (Å²) in [5.74, 6) is -0.752. The number of halogens is 3. The van der Waals surface area contributed by atoms with Gasteiger partial charge in [0.05, 0.1) is 20.1 Å². The highest BCUT2D eigenvalue weighted by molar-refractivity contribution is 5.73. The van der Waals surface area contributed by atoms with Gasteiger partial charge >= 0.3 is 12.3 Å². The summed E-state index contributed by atoms with van der Waals surface area (Å²) in [6.07, 6.45) is -5.14. The van der Waals surface area contributed by atoms with Gasteiger partial charge < -0.3 is 14.2 Å². The van der Waals surface area contributed by atoms with Crippen LogP contribution in [-0.2, 0) is 16.0 Å². The van der Waals surface area contributed by atoms with Crippen molar-refractivity contribution in [1.82, 2.24) is 0 Å². The topological polar surface area (TPSA) is 44.8 Å². The second-order valence-electron chi connectivity index (χ2n) is 3.50. The smallest absolute Gasteiger partial charge is 0.497 e. The van der Waals surface area contributed by atoms with Crippen LogP contribution in [0.5, 0.6) is 11.5 Å². The minimum absolute atomic E-state index is 0.0510. The minimum Gasteiger partial charge on any atom is -0.497 e. The Hall–Kier alpha value is -1.92. The second-order valence-corrected chi connectivity index (χ2v) is 3.50. The number of esters is 1. The van der Waals surface area contributed by atoms with Crippen LogP contribution in [-0.4, -0.2) is 26.0 Å². The van der Waals surface area contributed by atoms with E-state index < -0.39 is 18.1 Å². The number of carbonyl (C=O) groups excluding carboxylic acids is 1. The number of rotatable bonds is 5. The summed E-state index contributed by atoms with van der Waals surface area (Å²) in [5.41, 5.74) is 0.0510. The molecule has 0 saturated heterocycles. The zero-order valence-electron chi connectivity index (χ0n) is 10.4. The molecule has 0 atom stereocenters. The number of benzene rings is 1. The van der Waals surface area contributed by atoms with Gasteiger partial charge in [-0.1, -0.05) is 0 Å². The fourth-order valence-electron chi connectivity index (χ4n) is 1.41. The van der Waals surface area contributed by atoms with E-state index in [4.69, 9.17) is 4.74 Å². The van der Waals surface area contributed by atoms with Gasteiger partial charge in [-0.25, -0.2) is 0 Å². The fourth-order valence-corrected chi connectivity index (χ4v) is 1.41. The van der Waals surface area contributed by atoms with E-state index in [0.717, 1.165) is 6.07 Å². The number of methoxy groups -OCH3 is 1. The van der Waals surface area contributed by atoms with Crippen molar-refractivity contribution in [2.45, 2.75) is 19.7 Å². The first-order valence-corrected chi connectivity index (χ1v) is 5.44. The maximum absolute atomic E-state index is 12.2. The average Bonchev–Trinajstić information content (AvgIpc) is 2.30. The number of carbonyl (C=O) groups is 1. The third kappa shape index (κ3) is 5.07. The lowest BCUT2D eigenvalue weighted by Gasteiger charge is -2.14. The van der Waals surface area contributed by atoms with Crippen LogP contribution in [0.15, 0.2) is 18.2 Å². The van der Waals surface area contributed by atoms with Crippen LogP contribution in [0.3, 0.4) is 0 Å². The zero-order valence-corrected chi connectivity index (χ0v) is 10.4. The molecule has 0 saturated carbocycles. The molecule has 0 aliphatic rings. The molecule has 0 aromatic heterocycles. The molecule has 0 bridgehead atoms. The van der Waals surface area contributed by atoms with Gasteiger partial charge in [-0.05, 0) is 25.1 Å². The van der Waals surface area contributed by atoms with E-state index in [9.17, 15) is 18.0 Å². The Morgan fingerprint density at radius 2 is 2.00 bits per heavy atom. The Labute approximate surface area is 108 Å². The summed E-state index contributed by atoms with van der Waals surface area (Å²) in [7, 11) is 1.37. The maximum atomic E-state index is 12.2. The Bertz CT molecular complexity index is 443. The molecule has 0 unspecified atom stereocenters. The van der Waals surface area contributed by atoms with Gasteiger partial charge in [0.25, 0.3) is 0 Å². The minimum atomic E-state index is -4.82. The third-order valence-electron chi connectivity index (χ3n) is 2.13. The molecule has 7 heteroatoms. The monoisotopic (exact) mass is 278 g/mol. The highest BCUT2D eigenvalue weighted by Gasteiger charge is 2.32. The number of ether oxygens (including phenoxy) is 3.